The smallest absolute Gasteiger partial charge is 0.240 e. The molecule has 5 heteroatoms. The van der Waals surface area contributed by atoms with Crippen molar-refractivity contribution in [2.45, 2.75) is 51.7 Å². The van der Waals surface area contributed by atoms with E-state index in [0.717, 1.165) is 25.9 Å². The fourth-order valence-electron chi connectivity index (χ4n) is 1.69. The van der Waals surface area contributed by atoms with E-state index in [9.17, 15) is 4.79 Å². The highest BCUT2D eigenvalue weighted by molar-refractivity contribution is 5.88. The van der Waals surface area contributed by atoms with Gasteiger partial charge in [-0.15, -0.1) is 12.4 Å². The van der Waals surface area contributed by atoms with Crippen LogP contribution in [0.25, 0.3) is 0 Å². The molecule has 0 aromatic carbocycles. The number of nitrogens with one attached hydrogen (secondary N) is 1. The van der Waals surface area contributed by atoms with Gasteiger partial charge in [-0.05, 0) is 32.1 Å². The predicted octanol–water partition coefficient (Wildman–Crippen LogP) is 1.47. The Morgan fingerprint density at radius 3 is 2.47 bits per heavy atom. The monoisotopic (exact) mass is 264 g/mol. The SMILES string of the molecule is CCOC(CCNC(=O)C1(N)CC1)C(C)C.Cl. The van der Waals surface area contributed by atoms with E-state index in [0.29, 0.717) is 12.5 Å². The third-order valence-corrected chi connectivity index (χ3v) is 3.08. The molecular weight excluding hydrogens is 240 g/mol. The molecule has 0 aromatic rings. The van der Waals surface area contributed by atoms with Crippen LogP contribution in [0.5, 0.6) is 0 Å². The molecule has 3 N–H and O–H groups in total. The summed E-state index contributed by atoms with van der Waals surface area (Å²) in [5, 5.41) is 2.88. The zero-order chi connectivity index (χ0) is 12.2. The Bertz CT molecular complexity index is 243. The lowest BCUT2D eigenvalue weighted by atomic mass is 10.0. The number of carbonyl (C=O) groups is 1. The number of amides is 1. The lowest BCUT2D eigenvalue weighted by Gasteiger charge is -2.21. The second kappa shape index (κ2) is 7.19. The molecule has 17 heavy (non-hydrogen) atoms. The highest BCUT2D eigenvalue weighted by Gasteiger charge is 2.45. The zero-order valence-corrected chi connectivity index (χ0v) is 11.8. The number of halogens is 1. The van der Waals surface area contributed by atoms with Crippen molar-refractivity contribution in [3.63, 3.8) is 0 Å². The standard InChI is InChI=1S/C12H24N2O2.ClH/c1-4-16-10(9(2)3)5-8-14-11(15)12(13)6-7-12;/h9-10H,4-8,13H2,1-3H3,(H,14,15);1H. The van der Waals surface area contributed by atoms with Gasteiger partial charge in [-0.25, -0.2) is 0 Å². The molecule has 1 rings (SSSR count). The van der Waals surface area contributed by atoms with Crippen molar-refractivity contribution < 1.29 is 9.53 Å². The van der Waals surface area contributed by atoms with Gasteiger partial charge >= 0.3 is 0 Å². The van der Waals surface area contributed by atoms with E-state index >= 15 is 0 Å². The van der Waals surface area contributed by atoms with Crippen molar-refractivity contribution in [2.24, 2.45) is 11.7 Å². The molecule has 0 spiro atoms. The van der Waals surface area contributed by atoms with Crippen molar-refractivity contribution in [3.05, 3.63) is 0 Å². The van der Waals surface area contributed by atoms with Crippen LogP contribution in [0.3, 0.4) is 0 Å². The third-order valence-electron chi connectivity index (χ3n) is 3.08. The molecule has 1 unspecified atom stereocenters. The maximum Gasteiger partial charge on any atom is 0.240 e. The molecule has 0 heterocycles. The molecule has 1 atom stereocenters. The van der Waals surface area contributed by atoms with E-state index in [-0.39, 0.29) is 24.4 Å². The minimum Gasteiger partial charge on any atom is -0.378 e. The normalized spacial score (nSPS) is 18.4. The van der Waals surface area contributed by atoms with Crippen LogP contribution in [0.1, 0.15) is 40.0 Å². The predicted molar refractivity (Wildman–Crippen MR) is 71.3 cm³/mol. The number of hydrogen-bond donors (Lipinski definition) is 2. The topological polar surface area (TPSA) is 64.3 Å². The van der Waals surface area contributed by atoms with Crippen LogP contribution in [0.2, 0.25) is 0 Å². The first kappa shape index (κ1) is 16.7. The Labute approximate surface area is 110 Å². The number of carbonyl (C=O) groups excluding carboxylic acids is 1. The van der Waals surface area contributed by atoms with Gasteiger partial charge in [0.2, 0.25) is 5.91 Å². The minimum absolute atomic E-state index is 0. The minimum atomic E-state index is -0.557. The van der Waals surface area contributed by atoms with Crippen LogP contribution < -0.4 is 11.1 Å². The summed E-state index contributed by atoms with van der Waals surface area (Å²) in [7, 11) is 0. The van der Waals surface area contributed by atoms with E-state index in [1.165, 1.54) is 0 Å². The molecule has 1 saturated carbocycles. The van der Waals surface area contributed by atoms with Crippen molar-refractivity contribution in [3.8, 4) is 0 Å². The molecular formula is C12H25ClN2O2. The van der Waals surface area contributed by atoms with E-state index in [2.05, 4.69) is 19.2 Å². The maximum atomic E-state index is 11.6. The zero-order valence-electron chi connectivity index (χ0n) is 11.0. The number of nitrogens with two attached hydrogens (primary N) is 1. The quantitative estimate of drug-likeness (QED) is 0.732. The van der Waals surface area contributed by atoms with Crippen LogP contribution in [0, 0.1) is 5.92 Å². The summed E-state index contributed by atoms with van der Waals surface area (Å²) in [5.74, 6) is 0.469. The van der Waals surface area contributed by atoms with Crippen molar-refractivity contribution in [1.29, 1.82) is 0 Å². The largest absolute Gasteiger partial charge is 0.378 e. The molecule has 1 fully saturated rings. The molecule has 0 radical (unpaired) electrons. The van der Waals surface area contributed by atoms with Crippen molar-refractivity contribution in [1.82, 2.24) is 5.32 Å². The first-order valence-corrected chi connectivity index (χ1v) is 6.18. The highest BCUT2D eigenvalue weighted by atomic mass is 35.5. The number of ether oxygens (including phenoxy) is 1. The van der Waals surface area contributed by atoms with Crippen LogP contribution in [-0.2, 0) is 9.53 Å². The summed E-state index contributed by atoms with van der Waals surface area (Å²) in [6.07, 6.45) is 2.71. The van der Waals surface area contributed by atoms with Crippen LogP contribution in [0.15, 0.2) is 0 Å². The fraction of sp³-hybridized carbons (Fsp3) is 0.917. The average Bonchev–Trinajstić information content (AvgIpc) is 2.96. The molecule has 0 aromatic heterocycles. The maximum absolute atomic E-state index is 11.6. The van der Waals surface area contributed by atoms with Gasteiger partial charge < -0.3 is 15.8 Å². The van der Waals surface area contributed by atoms with Gasteiger partial charge in [-0.3, -0.25) is 4.79 Å². The lowest BCUT2D eigenvalue weighted by molar-refractivity contribution is -0.123. The first-order chi connectivity index (χ1) is 7.49. The highest BCUT2D eigenvalue weighted by Crippen LogP contribution is 2.32. The molecule has 0 saturated heterocycles. The summed E-state index contributed by atoms with van der Waals surface area (Å²) in [5.41, 5.74) is 5.23. The van der Waals surface area contributed by atoms with Gasteiger partial charge in [0.25, 0.3) is 0 Å². The Hall–Kier alpha value is -0.320. The molecule has 1 aliphatic rings. The van der Waals surface area contributed by atoms with Gasteiger partial charge in [-0.1, -0.05) is 13.8 Å². The van der Waals surface area contributed by atoms with Crippen LogP contribution in [0.4, 0.5) is 0 Å². The van der Waals surface area contributed by atoms with Crippen LogP contribution >= 0.6 is 12.4 Å². The Kier molecular flexibility index (Phi) is 7.05. The summed E-state index contributed by atoms with van der Waals surface area (Å²) >= 11 is 0. The average molecular weight is 265 g/mol. The molecule has 102 valence electrons. The van der Waals surface area contributed by atoms with E-state index in [1.807, 2.05) is 6.92 Å². The number of hydrogen-bond acceptors (Lipinski definition) is 3. The van der Waals surface area contributed by atoms with Gasteiger partial charge in [0.1, 0.15) is 0 Å². The Morgan fingerprint density at radius 2 is 2.06 bits per heavy atom. The van der Waals surface area contributed by atoms with Crippen molar-refractivity contribution >= 4 is 18.3 Å². The Morgan fingerprint density at radius 1 is 1.47 bits per heavy atom. The summed E-state index contributed by atoms with van der Waals surface area (Å²) in [6, 6.07) is 0. The van der Waals surface area contributed by atoms with Gasteiger partial charge in [-0.2, -0.15) is 0 Å². The molecule has 1 amide bonds. The van der Waals surface area contributed by atoms with E-state index < -0.39 is 5.54 Å². The molecule has 0 aliphatic heterocycles. The molecule has 0 bridgehead atoms. The lowest BCUT2D eigenvalue weighted by Crippen LogP contribution is -2.43. The third kappa shape index (κ3) is 5.23. The molecule has 4 nitrogen and oxygen atoms in total. The van der Waals surface area contributed by atoms with E-state index in [4.69, 9.17) is 10.5 Å². The summed E-state index contributed by atoms with van der Waals surface area (Å²) in [4.78, 5) is 11.6. The van der Waals surface area contributed by atoms with E-state index in [1.54, 1.807) is 0 Å². The Balaban J connectivity index is 0.00000256. The number of rotatable bonds is 7. The summed E-state index contributed by atoms with van der Waals surface area (Å²) < 4.78 is 5.60. The van der Waals surface area contributed by atoms with Crippen LogP contribution in [-0.4, -0.2) is 30.7 Å². The van der Waals surface area contributed by atoms with Gasteiger partial charge in [0, 0.05) is 13.2 Å². The second-order valence-electron chi connectivity index (χ2n) is 4.94. The fourth-order valence-corrected chi connectivity index (χ4v) is 1.69. The molecule has 1 aliphatic carbocycles. The first-order valence-electron chi connectivity index (χ1n) is 6.18. The van der Waals surface area contributed by atoms with Crippen molar-refractivity contribution in [2.75, 3.05) is 13.2 Å². The van der Waals surface area contributed by atoms with Gasteiger partial charge in [0.05, 0.1) is 11.6 Å². The summed E-state index contributed by atoms with van der Waals surface area (Å²) in [6.45, 7) is 7.63. The second-order valence-corrected chi connectivity index (χ2v) is 4.94. The van der Waals surface area contributed by atoms with Gasteiger partial charge in [0.15, 0.2) is 0 Å².